The Balaban J connectivity index is 1.59. The van der Waals surface area contributed by atoms with Crippen LogP contribution in [0.4, 0.5) is 0 Å². The molecule has 1 aromatic heterocycles. The average Bonchev–Trinajstić information content (AvgIpc) is 4.14. The Kier molecular flexibility index (Phi) is 22.0. The smallest absolute Gasteiger partial charge is 0.325 e. The molecule has 71 heavy (non-hydrogen) atoms. The SMILES string of the molecule is CC(C)CC(NC(=O)C(Cc1ccccc1)NC(=O)C(CCCN=C(N)N)NC(=O)C(Cc1cnc[nH]1)NC(=O)C1CCCN1C(=O)C(N)CCCN=C(N)N)C(=O)N1CCCC1C(=O)NC(C)C(=O)O. The standard InChI is InChI=1S/C46H72N16O9/c1-26(2)21-34(43(69)62-20-10-15-35(62)40(66)56-27(3)44(70)71)60-38(64)32(22-28-11-5-4-6-12-28)58-37(63)31(14-8-18-54-46(50)51)57-39(65)33(23-29-24-52-25-55-29)59-41(67)36-16-9-19-61(36)42(68)30(47)13-7-17-53-45(48)49/h4-6,11-12,24-27,30-36H,7-10,13-23,47H2,1-3H3,(H,52,55)(H,56,66)(H,57,65)(H,58,63)(H,59,67)(H,60,64)(H,70,71)(H4,48,49,53)(H4,50,51,54). The van der Waals surface area contributed by atoms with Crippen LogP contribution in [0.2, 0.25) is 0 Å². The summed E-state index contributed by atoms with van der Waals surface area (Å²) in [4.78, 5) is 127. The van der Waals surface area contributed by atoms with E-state index in [2.05, 4.69) is 46.5 Å². The number of amides is 7. The third-order valence-electron chi connectivity index (χ3n) is 12.1. The number of nitrogens with one attached hydrogen (secondary N) is 6. The Bertz CT molecular complexity index is 2180. The second kappa shape index (κ2) is 27.8. The van der Waals surface area contributed by atoms with Gasteiger partial charge in [0, 0.05) is 50.9 Å². The molecule has 2 aromatic rings. The van der Waals surface area contributed by atoms with Gasteiger partial charge in [0.1, 0.15) is 42.3 Å². The molecular formula is C46H72N16O9. The van der Waals surface area contributed by atoms with Gasteiger partial charge in [0.15, 0.2) is 11.9 Å². The van der Waals surface area contributed by atoms with Crippen molar-refractivity contribution in [3.05, 3.63) is 54.1 Å². The lowest BCUT2D eigenvalue weighted by Crippen LogP contribution is -2.60. The molecule has 8 unspecified atom stereocenters. The van der Waals surface area contributed by atoms with Crippen molar-refractivity contribution >= 4 is 59.2 Å². The number of aromatic amines is 1. The summed E-state index contributed by atoms with van der Waals surface area (Å²) >= 11 is 0. The minimum atomic E-state index is -1.32. The van der Waals surface area contributed by atoms with Gasteiger partial charge in [-0.1, -0.05) is 44.2 Å². The maximum absolute atomic E-state index is 14.5. The van der Waals surface area contributed by atoms with E-state index >= 15 is 0 Å². The lowest BCUT2D eigenvalue weighted by atomic mass is 9.99. The number of guanidine groups is 2. The summed E-state index contributed by atoms with van der Waals surface area (Å²) in [5.41, 5.74) is 29.3. The van der Waals surface area contributed by atoms with Crippen LogP contribution in [0, 0.1) is 5.92 Å². The molecule has 25 heteroatoms. The summed E-state index contributed by atoms with van der Waals surface area (Å²) in [7, 11) is 0. The van der Waals surface area contributed by atoms with Gasteiger partial charge in [-0.15, -0.1) is 0 Å². The van der Waals surface area contributed by atoms with Crippen LogP contribution in [0.25, 0.3) is 0 Å². The van der Waals surface area contributed by atoms with Crippen molar-refractivity contribution in [2.75, 3.05) is 26.2 Å². The van der Waals surface area contributed by atoms with Gasteiger partial charge >= 0.3 is 5.97 Å². The molecule has 2 aliphatic rings. The summed E-state index contributed by atoms with van der Waals surface area (Å²) in [6, 6.07) is -0.273. The largest absolute Gasteiger partial charge is 0.480 e. The first kappa shape index (κ1) is 56.3. The number of nitrogens with zero attached hydrogens (tertiary/aromatic N) is 5. The zero-order valence-corrected chi connectivity index (χ0v) is 40.7. The maximum atomic E-state index is 14.5. The number of H-pyrrole nitrogens is 1. The van der Waals surface area contributed by atoms with Crippen LogP contribution in [-0.2, 0) is 51.2 Å². The number of hydrogen-bond acceptors (Lipinski definition) is 12. The summed E-state index contributed by atoms with van der Waals surface area (Å²) in [6.45, 7) is 5.84. The summed E-state index contributed by atoms with van der Waals surface area (Å²) in [5.74, 6) is -6.12. The zero-order valence-electron chi connectivity index (χ0n) is 40.7. The van der Waals surface area contributed by atoms with Crippen molar-refractivity contribution in [1.29, 1.82) is 0 Å². The topological polar surface area (TPSA) is 407 Å². The monoisotopic (exact) mass is 993 g/mol. The van der Waals surface area contributed by atoms with E-state index in [0.717, 1.165) is 0 Å². The van der Waals surface area contributed by atoms with Gasteiger partial charge in [0.25, 0.3) is 0 Å². The zero-order chi connectivity index (χ0) is 52.2. The molecule has 17 N–H and O–H groups in total. The highest BCUT2D eigenvalue weighted by Gasteiger charge is 2.41. The molecule has 4 rings (SSSR count). The summed E-state index contributed by atoms with van der Waals surface area (Å²) in [5, 5.41) is 23.0. The maximum Gasteiger partial charge on any atom is 0.325 e. The highest BCUT2D eigenvalue weighted by Crippen LogP contribution is 2.22. The van der Waals surface area contributed by atoms with Crippen molar-refractivity contribution in [1.82, 2.24) is 46.4 Å². The summed E-state index contributed by atoms with van der Waals surface area (Å²) in [6.07, 6.45) is 5.34. The van der Waals surface area contributed by atoms with Gasteiger partial charge in [-0.2, -0.15) is 0 Å². The summed E-state index contributed by atoms with van der Waals surface area (Å²) < 4.78 is 0. The second-order valence-corrected chi connectivity index (χ2v) is 18.3. The first-order valence-corrected chi connectivity index (χ1v) is 24.0. The van der Waals surface area contributed by atoms with Crippen molar-refractivity contribution in [3.63, 3.8) is 0 Å². The average molecular weight is 993 g/mol. The number of nitrogens with two attached hydrogens (primary N) is 5. The first-order valence-electron chi connectivity index (χ1n) is 24.0. The molecule has 8 atom stereocenters. The van der Waals surface area contributed by atoms with Gasteiger partial charge in [0.2, 0.25) is 41.4 Å². The molecule has 7 amide bonds. The van der Waals surface area contributed by atoms with Crippen LogP contribution in [0.15, 0.2) is 52.8 Å². The van der Waals surface area contributed by atoms with Crippen molar-refractivity contribution in [2.24, 2.45) is 44.6 Å². The van der Waals surface area contributed by atoms with Crippen molar-refractivity contribution in [3.8, 4) is 0 Å². The molecule has 2 fully saturated rings. The minimum absolute atomic E-state index is 0.0297. The lowest BCUT2D eigenvalue weighted by molar-refractivity contribution is -0.144. The Hall–Kier alpha value is -7.31. The normalized spacial score (nSPS) is 17.9. The Morgan fingerprint density at radius 2 is 1.23 bits per heavy atom. The van der Waals surface area contributed by atoms with Gasteiger partial charge in [0.05, 0.1) is 12.4 Å². The number of imidazole rings is 1. The molecule has 0 bridgehead atoms. The van der Waals surface area contributed by atoms with Crippen LogP contribution in [-0.4, -0.2) is 159 Å². The third-order valence-corrected chi connectivity index (χ3v) is 12.1. The molecule has 2 saturated heterocycles. The van der Waals surface area contributed by atoms with E-state index in [1.807, 2.05) is 13.8 Å². The Morgan fingerprint density at radius 1 is 0.704 bits per heavy atom. The molecule has 0 saturated carbocycles. The number of rotatable bonds is 27. The van der Waals surface area contributed by atoms with Crippen LogP contribution in [0.5, 0.6) is 0 Å². The quantitative estimate of drug-likeness (QED) is 0.0244. The van der Waals surface area contributed by atoms with Crippen LogP contribution in [0.1, 0.15) is 89.8 Å². The number of aliphatic imine (C=N–C) groups is 2. The fraction of sp³-hybridized carbons (Fsp3) is 0.587. The van der Waals surface area contributed by atoms with E-state index in [1.165, 1.54) is 29.2 Å². The van der Waals surface area contributed by atoms with E-state index in [0.29, 0.717) is 43.4 Å². The van der Waals surface area contributed by atoms with Gasteiger partial charge in [-0.3, -0.25) is 48.3 Å². The molecule has 0 radical (unpaired) electrons. The van der Waals surface area contributed by atoms with Crippen molar-refractivity contribution < 1.29 is 43.5 Å². The number of carbonyl (C=O) groups is 8. The first-order chi connectivity index (χ1) is 33.7. The van der Waals surface area contributed by atoms with Gasteiger partial charge in [-0.25, -0.2) is 4.98 Å². The Morgan fingerprint density at radius 3 is 1.77 bits per heavy atom. The van der Waals surface area contributed by atoms with Crippen LogP contribution < -0.4 is 55.3 Å². The van der Waals surface area contributed by atoms with E-state index in [9.17, 15) is 43.5 Å². The van der Waals surface area contributed by atoms with E-state index < -0.39 is 95.7 Å². The predicted molar refractivity (Wildman–Crippen MR) is 262 cm³/mol. The number of aliphatic carboxylic acids is 1. The molecule has 2 aliphatic heterocycles. The van der Waals surface area contributed by atoms with E-state index in [1.54, 1.807) is 30.3 Å². The molecule has 0 spiro atoms. The number of likely N-dealkylation sites (tertiary alicyclic amines) is 2. The second-order valence-electron chi connectivity index (χ2n) is 18.3. The fourth-order valence-corrected chi connectivity index (χ4v) is 8.47. The number of hydrogen-bond donors (Lipinski definition) is 12. The Labute approximate surface area is 412 Å². The number of benzene rings is 1. The lowest BCUT2D eigenvalue weighted by Gasteiger charge is -2.31. The van der Waals surface area contributed by atoms with Crippen molar-refractivity contribution in [2.45, 2.75) is 140 Å². The molecule has 3 heterocycles. The minimum Gasteiger partial charge on any atom is -0.480 e. The molecule has 1 aromatic carbocycles. The number of carboxylic acids is 1. The van der Waals surface area contributed by atoms with E-state index in [4.69, 9.17) is 28.7 Å². The highest BCUT2D eigenvalue weighted by molar-refractivity contribution is 5.98. The number of aromatic nitrogens is 2. The number of carboxylic acid groups (broad SMARTS) is 1. The molecular weight excluding hydrogens is 921 g/mol. The van der Waals surface area contributed by atoms with Gasteiger partial charge < -0.3 is 75.1 Å². The third kappa shape index (κ3) is 17.9. The van der Waals surface area contributed by atoms with E-state index in [-0.39, 0.29) is 82.5 Å². The predicted octanol–water partition coefficient (Wildman–Crippen LogP) is -2.81. The fourth-order valence-electron chi connectivity index (χ4n) is 8.47. The highest BCUT2D eigenvalue weighted by atomic mass is 16.4. The van der Waals surface area contributed by atoms with Crippen LogP contribution >= 0.6 is 0 Å². The molecule has 25 nitrogen and oxygen atoms in total. The van der Waals surface area contributed by atoms with Crippen LogP contribution in [0.3, 0.4) is 0 Å². The molecule has 0 aliphatic carbocycles. The number of carbonyl (C=O) groups excluding carboxylic acids is 7. The molecule has 390 valence electrons. The van der Waals surface area contributed by atoms with Gasteiger partial charge in [-0.05, 0) is 76.2 Å².